The standard InChI is InChI=1S/C25H39NO6/c1-4-30-23(24(27)28)18-20-11-13-21(14-12-20)31-17-16-26(15-7-8-19(2)3)25(29)32-22-9-5-6-10-22/h11-14,19,22-23H,4-10,15-18H2,1-3H3,(H,27,28). The third kappa shape index (κ3) is 9.47. The highest BCUT2D eigenvalue weighted by Crippen LogP contribution is 2.22. The molecule has 0 aromatic heterocycles. The van der Waals surface area contributed by atoms with Gasteiger partial charge in [-0.2, -0.15) is 0 Å². The van der Waals surface area contributed by atoms with E-state index >= 15 is 0 Å². The lowest BCUT2D eigenvalue weighted by Crippen LogP contribution is -2.37. The van der Waals surface area contributed by atoms with Crippen LogP contribution in [-0.4, -0.2) is 60.6 Å². The summed E-state index contributed by atoms with van der Waals surface area (Å²) in [6, 6.07) is 7.33. The first kappa shape index (κ1) is 26.0. The number of nitrogens with zero attached hydrogens (tertiary/aromatic N) is 1. The first-order valence-corrected chi connectivity index (χ1v) is 11.9. The van der Waals surface area contributed by atoms with Crippen LogP contribution in [0.3, 0.4) is 0 Å². The zero-order chi connectivity index (χ0) is 23.3. The Kier molecular flexibility index (Phi) is 11.4. The van der Waals surface area contributed by atoms with Gasteiger partial charge < -0.3 is 24.2 Å². The van der Waals surface area contributed by atoms with E-state index in [-0.39, 0.29) is 12.2 Å². The molecule has 7 heteroatoms. The Hall–Kier alpha value is -2.28. The van der Waals surface area contributed by atoms with Crippen LogP contribution in [-0.2, 0) is 20.7 Å². The minimum atomic E-state index is -0.964. The molecule has 0 bridgehead atoms. The van der Waals surface area contributed by atoms with Crippen LogP contribution in [0.4, 0.5) is 4.79 Å². The van der Waals surface area contributed by atoms with Crippen molar-refractivity contribution in [2.75, 3.05) is 26.3 Å². The highest BCUT2D eigenvalue weighted by molar-refractivity contribution is 5.72. The Morgan fingerprint density at radius 3 is 2.41 bits per heavy atom. The summed E-state index contributed by atoms with van der Waals surface area (Å²) < 4.78 is 16.8. The van der Waals surface area contributed by atoms with Gasteiger partial charge >= 0.3 is 12.1 Å². The van der Waals surface area contributed by atoms with E-state index in [1.165, 1.54) is 0 Å². The second-order valence-electron chi connectivity index (χ2n) is 8.79. The van der Waals surface area contributed by atoms with Crippen LogP contribution < -0.4 is 4.74 Å². The molecule has 1 N–H and O–H groups in total. The lowest BCUT2D eigenvalue weighted by Gasteiger charge is -2.24. The molecule has 0 spiro atoms. The molecule has 7 nitrogen and oxygen atoms in total. The summed E-state index contributed by atoms with van der Waals surface area (Å²) in [7, 11) is 0. The zero-order valence-corrected chi connectivity index (χ0v) is 19.8. The van der Waals surface area contributed by atoms with Crippen molar-refractivity contribution in [1.82, 2.24) is 4.90 Å². The van der Waals surface area contributed by atoms with Gasteiger partial charge in [0.2, 0.25) is 0 Å². The largest absolute Gasteiger partial charge is 0.492 e. The van der Waals surface area contributed by atoms with Crippen LogP contribution >= 0.6 is 0 Å². The fourth-order valence-electron chi connectivity index (χ4n) is 3.84. The van der Waals surface area contributed by atoms with E-state index in [9.17, 15) is 14.7 Å². The van der Waals surface area contributed by atoms with Crippen molar-refractivity contribution < 1.29 is 28.9 Å². The minimum absolute atomic E-state index is 0.0508. The molecule has 1 amide bonds. The molecule has 2 rings (SSSR count). The van der Waals surface area contributed by atoms with E-state index in [1.807, 2.05) is 24.3 Å². The van der Waals surface area contributed by atoms with E-state index in [2.05, 4.69) is 13.8 Å². The van der Waals surface area contributed by atoms with Crippen molar-refractivity contribution in [3.05, 3.63) is 29.8 Å². The quantitative estimate of drug-likeness (QED) is 0.434. The number of amides is 1. The van der Waals surface area contributed by atoms with Gasteiger partial charge in [0.05, 0.1) is 6.54 Å². The maximum Gasteiger partial charge on any atom is 0.410 e. The molecule has 0 saturated heterocycles. The van der Waals surface area contributed by atoms with Crippen LogP contribution in [0.25, 0.3) is 0 Å². The molecule has 1 unspecified atom stereocenters. The van der Waals surface area contributed by atoms with Gasteiger partial charge in [-0.25, -0.2) is 9.59 Å². The van der Waals surface area contributed by atoms with E-state index in [0.717, 1.165) is 44.1 Å². The fourth-order valence-corrected chi connectivity index (χ4v) is 3.84. The van der Waals surface area contributed by atoms with Gasteiger partial charge in [-0.3, -0.25) is 0 Å². The summed E-state index contributed by atoms with van der Waals surface area (Å²) in [6.07, 6.45) is 5.44. The first-order valence-electron chi connectivity index (χ1n) is 11.9. The highest BCUT2D eigenvalue weighted by atomic mass is 16.6. The predicted molar refractivity (Wildman–Crippen MR) is 123 cm³/mol. The van der Waals surface area contributed by atoms with E-state index in [0.29, 0.717) is 44.4 Å². The zero-order valence-electron chi connectivity index (χ0n) is 19.8. The normalized spacial score (nSPS) is 15.0. The van der Waals surface area contributed by atoms with Gasteiger partial charge in [-0.1, -0.05) is 26.0 Å². The summed E-state index contributed by atoms with van der Waals surface area (Å²) in [5, 5.41) is 9.22. The molecule has 1 aromatic carbocycles. The minimum Gasteiger partial charge on any atom is -0.492 e. The molecule has 0 radical (unpaired) electrons. The summed E-state index contributed by atoms with van der Waals surface area (Å²) in [4.78, 5) is 25.7. The van der Waals surface area contributed by atoms with Crippen molar-refractivity contribution in [1.29, 1.82) is 0 Å². The van der Waals surface area contributed by atoms with Crippen LogP contribution in [0.15, 0.2) is 24.3 Å². The van der Waals surface area contributed by atoms with Crippen molar-refractivity contribution in [3.8, 4) is 5.75 Å². The third-order valence-electron chi connectivity index (χ3n) is 5.66. The number of aliphatic carboxylic acids is 1. The van der Waals surface area contributed by atoms with Crippen LogP contribution in [0.2, 0.25) is 0 Å². The number of ether oxygens (including phenoxy) is 3. The van der Waals surface area contributed by atoms with Crippen LogP contribution in [0.5, 0.6) is 5.75 Å². The summed E-state index contributed by atoms with van der Waals surface area (Å²) >= 11 is 0. The number of rotatable bonds is 14. The molecule has 1 aromatic rings. The number of benzene rings is 1. The van der Waals surface area contributed by atoms with E-state index < -0.39 is 12.1 Å². The Labute approximate surface area is 192 Å². The second-order valence-corrected chi connectivity index (χ2v) is 8.79. The molecule has 0 heterocycles. The van der Waals surface area contributed by atoms with Crippen molar-refractivity contribution in [2.24, 2.45) is 5.92 Å². The molecular formula is C25H39NO6. The monoisotopic (exact) mass is 449 g/mol. The molecule has 0 aliphatic heterocycles. The molecule has 32 heavy (non-hydrogen) atoms. The predicted octanol–water partition coefficient (Wildman–Crippen LogP) is 4.92. The van der Waals surface area contributed by atoms with Gasteiger partial charge in [-0.15, -0.1) is 0 Å². The number of hydrogen-bond acceptors (Lipinski definition) is 5. The van der Waals surface area contributed by atoms with Crippen LogP contribution in [0, 0.1) is 5.92 Å². The Balaban J connectivity index is 1.84. The maximum absolute atomic E-state index is 12.7. The molecule has 1 atom stereocenters. The molecular weight excluding hydrogens is 410 g/mol. The van der Waals surface area contributed by atoms with Crippen molar-refractivity contribution >= 4 is 12.1 Å². The van der Waals surface area contributed by atoms with Gasteiger partial charge in [0.1, 0.15) is 18.5 Å². The number of carboxylic acids is 1. The Morgan fingerprint density at radius 1 is 1.12 bits per heavy atom. The molecule has 1 saturated carbocycles. The van der Waals surface area contributed by atoms with Gasteiger partial charge in [0, 0.05) is 19.6 Å². The number of carbonyl (C=O) groups excluding carboxylic acids is 1. The number of carbonyl (C=O) groups is 2. The molecule has 1 aliphatic rings. The third-order valence-corrected chi connectivity index (χ3v) is 5.66. The topological polar surface area (TPSA) is 85.3 Å². The lowest BCUT2D eigenvalue weighted by molar-refractivity contribution is -0.149. The SMILES string of the molecule is CCOC(Cc1ccc(OCCN(CCCC(C)C)C(=O)OC2CCCC2)cc1)C(=O)O. The Bertz CT molecular complexity index is 684. The van der Waals surface area contributed by atoms with Gasteiger partial charge in [0.15, 0.2) is 6.10 Å². The van der Waals surface area contributed by atoms with Crippen molar-refractivity contribution in [3.63, 3.8) is 0 Å². The fraction of sp³-hybridized carbons (Fsp3) is 0.680. The second kappa shape index (κ2) is 14.0. The number of carboxylic acid groups (broad SMARTS) is 1. The summed E-state index contributed by atoms with van der Waals surface area (Å²) in [6.45, 7) is 8.01. The van der Waals surface area contributed by atoms with Gasteiger partial charge in [-0.05, 0) is 69.1 Å². The average molecular weight is 450 g/mol. The van der Waals surface area contributed by atoms with E-state index in [1.54, 1.807) is 11.8 Å². The smallest absolute Gasteiger partial charge is 0.410 e. The lowest BCUT2D eigenvalue weighted by atomic mass is 10.1. The van der Waals surface area contributed by atoms with Crippen LogP contribution in [0.1, 0.15) is 64.9 Å². The van der Waals surface area contributed by atoms with Crippen molar-refractivity contribution in [2.45, 2.75) is 77.9 Å². The first-order chi connectivity index (χ1) is 15.4. The maximum atomic E-state index is 12.7. The average Bonchev–Trinajstić information content (AvgIpc) is 3.26. The Morgan fingerprint density at radius 2 is 1.81 bits per heavy atom. The summed E-state index contributed by atoms with van der Waals surface area (Å²) in [5.74, 6) is 0.318. The number of hydrogen-bond donors (Lipinski definition) is 1. The molecule has 1 aliphatic carbocycles. The highest BCUT2D eigenvalue weighted by Gasteiger charge is 2.23. The summed E-state index contributed by atoms with van der Waals surface area (Å²) in [5.41, 5.74) is 0.869. The van der Waals surface area contributed by atoms with E-state index in [4.69, 9.17) is 14.2 Å². The molecule has 180 valence electrons. The molecule has 1 fully saturated rings. The van der Waals surface area contributed by atoms with Gasteiger partial charge in [0.25, 0.3) is 0 Å².